The van der Waals surface area contributed by atoms with E-state index in [0.717, 1.165) is 25.7 Å². The first-order chi connectivity index (χ1) is 9.65. The van der Waals surface area contributed by atoms with Gasteiger partial charge in [0.1, 0.15) is 11.5 Å². The number of carbonyl (C=O) groups is 1. The predicted molar refractivity (Wildman–Crippen MR) is 77.7 cm³/mol. The van der Waals surface area contributed by atoms with Crippen LogP contribution in [0.25, 0.3) is 0 Å². The number of fused-ring (bicyclic) bond motifs is 5. The summed E-state index contributed by atoms with van der Waals surface area (Å²) in [5, 5.41) is 9.66. The number of Topliss-reactive ketones (excluding diaryl/α,β-unsaturated/α-hetero) is 1. The number of aromatic hydroxyl groups is 1. The number of benzene rings is 1. The van der Waals surface area contributed by atoms with Crippen LogP contribution >= 0.6 is 0 Å². The van der Waals surface area contributed by atoms with E-state index in [9.17, 15) is 9.90 Å². The van der Waals surface area contributed by atoms with Crippen molar-refractivity contribution in [2.75, 3.05) is 0 Å². The second-order valence-corrected chi connectivity index (χ2v) is 7.08. The van der Waals surface area contributed by atoms with Gasteiger partial charge >= 0.3 is 0 Å². The van der Waals surface area contributed by atoms with E-state index in [1.54, 1.807) is 0 Å². The highest BCUT2D eigenvalue weighted by atomic mass is 16.3. The molecule has 2 fully saturated rings. The molecule has 3 aliphatic carbocycles. The van der Waals surface area contributed by atoms with Gasteiger partial charge in [-0.25, -0.2) is 0 Å². The average molecular weight is 270 g/mol. The van der Waals surface area contributed by atoms with Crippen LogP contribution in [0.1, 0.15) is 49.7 Å². The van der Waals surface area contributed by atoms with E-state index in [1.807, 2.05) is 12.1 Å². The van der Waals surface area contributed by atoms with Crippen LogP contribution in [0.2, 0.25) is 0 Å². The molecule has 3 aliphatic rings. The monoisotopic (exact) mass is 270 g/mol. The Morgan fingerprint density at radius 3 is 2.75 bits per heavy atom. The van der Waals surface area contributed by atoms with Crippen LogP contribution in [0.15, 0.2) is 18.2 Å². The lowest BCUT2D eigenvalue weighted by Crippen LogP contribution is -2.35. The third kappa shape index (κ3) is 1.66. The fourth-order valence-corrected chi connectivity index (χ4v) is 5.26. The van der Waals surface area contributed by atoms with Gasteiger partial charge in [0, 0.05) is 11.8 Å². The van der Waals surface area contributed by atoms with Gasteiger partial charge in [-0.05, 0) is 73.1 Å². The number of ketones is 1. The van der Waals surface area contributed by atoms with Gasteiger partial charge in [-0.1, -0.05) is 13.0 Å². The third-order valence-electron chi connectivity index (χ3n) is 6.12. The van der Waals surface area contributed by atoms with Gasteiger partial charge in [-0.2, -0.15) is 0 Å². The Kier molecular flexibility index (Phi) is 2.70. The van der Waals surface area contributed by atoms with Crippen molar-refractivity contribution in [3.05, 3.63) is 29.3 Å². The molecule has 1 aromatic carbocycles. The molecule has 1 N–H and O–H groups in total. The Balaban J connectivity index is 1.69. The van der Waals surface area contributed by atoms with Crippen molar-refractivity contribution in [1.29, 1.82) is 0 Å². The van der Waals surface area contributed by atoms with Crippen molar-refractivity contribution in [3.8, 4) is 5.75 Å². The highest BCUT2D eigenvalue weighted by Crippen LogP contribution is 2.55. The van der Waals surface area contributed by atoms with Crippen LogP contribution in [0.5, 0.6) is 5.75 Å². The zero-order valence-electron chi connectivity index (χ0n) is 12.0. The summed E-state index contributed by atoms with van der Waals surface area (Å²) in [6, 6.07) is 5.90. The van der Waals surface area contributed by atoms with Gasteiger partial charge in [0.15, 0.2) is 0 Å². The average Bonchev–Trinajstić information content (AvgIpc) is 2.74. The molecule has 4 rings (SSSR count). The number of rotatable bonds is 0. The summed E-state index contributed by atoms with van der Waals surface area (Å²) >= 11 is 0. The number of carbonyl (C=O) groups excluding carboxylic acids is 1. The Labute approximate surface area is 120 Å². The Morgan fingerprint density at radius 2 is 1.90 bits per heavy atom. The molecule has 0 heterocycles. The summed E-state index contributed by atoms with van der Waals surface area (Å²) in [6.45, 7) is 2.12. The van der Waals surface area contributed by atoms with Crippen LogP contribution in [0.4, 0.5) is 0 Å². The molecular weight excluding hydrogens is 248 g/mol. The van der Waals surface area contributed by atoms with Gasteiger partial charge in [0.05, 0.1) is 0 Å². The van der Waals surface area contributed by atoms with Crippen LogP contribution < -0.4 is 0 Å². The molecule has 1 aromatic rings. The second kappa shape index (κ2) is 4.34. The first-order valence-electron chi connectivity index (χ1n) is 8.00. The Bertz CT molecular complexity index is 563. The van der Waals surface area contributed by atoms with E-state index in [-0.39, 0.29) is 5.92 Å². The highest BCUT2D eigenvalue weighted by Gasteiger charge is 2.49. The normalized spacial score (nSPS) is 39.0. The Morgan fingerprint density at radius 1 is 1.10 bits per heavy atom. The second-order valence-electron chi connectivity index (χ2n) is 7.08. The molecule has 0 bridgehead atoms. The molecule has 5 unspecified atom stereocenters. The fraction of sp³-hybridized carbons (Fsp3) is 0.611. The van der Waals surface area contributed by atoms with Gasteiger partial charge in [-0.15, -0.1) is 0 Å². The van der Waals surface area contributed by atoms with Gasteiger partial charge in [0.25, 0.3) is 0 Å². The number of phenolic OH excluding ortho intramolecular Hbond substituents is 1. The minimum Gasteiger partial charge on any atom is -0.508 e. The van der Waals surface area contributed by atoms with E-state index in [0.29, 0.717) is 35.2 Å². The van der Waals surface area contributed by atoms with E-state index >= 15 is 0 Å². The molecule has 2 heteroatoms. The summed E-state index contributed by atoms with van der Waals surface area (Å²) in [4.78, 5) is 12.3. The van der Waals surface area contributed by atoms with Crippen molar-refractivity contribution >= 4 is 5.78 Å². The maximum absolute atomic E-state index is 12.3. The van der Waals surface area contributed by atoms with Crippen LogP contribution in [-0.2, 0) is 11.2 Å². The minimum atomic E-state index is 0.282. The molecule has 0 spiro atoms. The third-order valence-corrected chi connectivity index (χ3v) is 6.12. The lowest BCUT2D eigenvalue weighted by atomic mass is 9.61. The van der Waals surface area contributed by atoms with E-state index in [1.165, 1.54) is 17.5 Å². The predicted octanol–water partition coefficient (Wildman–Crippen LogP) is 3.67. The zero-order valence-corrected chi connectivity index (χ0v) is 12.0. The van der Waals surface area contributed by atoms with Crippen molar-refractivity contribution in [1.82, 2.24) is 0 Å². The standard InChI is InChI=1S/C18H22O2/c1-10-8-17-15-4-2-11-9-12(19)3-5-13(11)14(15)6-7-16(17)18(10)20/h3,5,9-10,14-17,19H,2,4,6-8H2,1H3. The smallest absolute Gasteiger partial charge is 0.139 e. The summed E-state index contributed by atoms with van der Waals surface area (Å²) in [5.41, 5.74) is 2.78. The summed E-state index contributed by atoms with van der Waals surface area (Å²) in [6.07, 6.45) is 5.61. The van der Waals surface area contributed by atoms with Gasteiger partial charge in [0.2, 0.25) is 0 Å². The summed E-state index contributed by atoms with van der Waals surface area (Å²) in [7, 11) is 0. The summed E-state index contributed by atoms with van der Waals surface area (Å²) in [5.74, 6) is 3.50. The SMILES string of the molecule is CC1CC2C(CCC3c4ccc(O)cc4CCC32)C1=O. The van der Waals surface area contributed by atoms with E-state index < -0.39 is 0 Å². The molecule has 2 saturated carbocycles. The maximum atomic E-state index is 12.3. The number of hydrogen-bond acceptors (Lipinski definition) is 2. The number of hydrogen-bond donors (Lipinski definition) is 1. The molecule has 20 heavy (non-hydrogen) atoms. The molecule has 0 aliphatic heterocycles. The molecule has 0 amide bonds. The molecular formula is C18H22O2. The minimum absolute atomic E-state index is 0.282. The quantitative estimate of drug-likeness (QED) is 0.781. The van der Waals surface area contributed by atoms with Gasteiger partial charge < -0.3 is 5.11 Å². The first-order valence-corrected chi connectivity index (χ1v) is 8.00. The highest BCUT2D eigenvalue weighted by molar-refractivity contribution is 5.85. The summed E-state index contributed by atoms with van der Waals surface area (Å²) < 4.78 is 0. The van der Waals surface area contributed by atoms with Crippen molar-refractivity contribution in [2.24, 2.45) is 23.7 Å². The molecule has 0 saturated heterocycles. The van der Waals surface area contributed by atoms with Crippen LogP contribution in [-0.4, -0.2) is 10.9 Å². The largest absolute Gasteiger partial charge is 0.508 e. The molecule has 5 atom stereocenters. The van der Waals surface area contributed by atoms with Crippen LogP contribution in [0.3, 0.4) is 0 Å². The zero-order chi connectivity index (χ0) is 13.9. The van der Waals surface area contributed by atoms with Crippen LogP contribution in [0, 0.1) is 23.7 Å². The lowest BCUT2D eigenvalue weighted by molar-refractivity contribution is -0.125. The van der Waals surface area contributed by atoms with E-state index in [4.69, 9.17) is 0 Å². The van der Waals surface area contributed by atoms with E-state index in [2.05, 4.69) is 13.0 Å². The lowest BCUT2D eigenvalue weighted by Gasteiger charge is -2.43. The fourth-order valence-electron chi connectivity index (χ4n) is 5.26. The maximum Gasteiger partial charge on any atom is 0.139 e. The number of aryl methyl sites for hydroxylation is 1. The number of phenols is 1. The Hall–Kier alpha value is -1.31. The molecule has 0 radical (unpaired) electrons. The molecule has 106 valence electrons. The molecule has 0 aromatic heterocycles. The van der Waals surface area contributed by atoms with Crippen molar-refractivity contribution < 1.29 is 9.90 Å². The van der Waals surface area contributed by atoms with Crippen molar-refractivity contribution in [3.63, 3.8) is 0 Å². The van der Waals surface area contributed by atoms with Gasteiger partial charge in [-0.3, -0.25) is 4.79 Å². The molecule has 2 nitrogen and oxygen atoms in total. The first kappa shape index (κ1) is 12.4. The van der Waals surface area contributed by atoms with Crippen molar-refractivity contribution in [2.45, 2.75) is 44.9 Å². The topological polar surface area (TPSA) is 37.3 Å².